The molecule has 0 saturated carbocycles. The Bertz CT molecular complexity index is 1120. The maximum absolute atomic E-state index is 9.10. The number of nitrogens with zero attached hydrogens (tertiary/aromatic N) is 2. The first-order valence-electron chi connectivity index (χ1n) is 11.1. The van der Waals surface area contributed by atoms with Gasteiger partial charge in [-0.3, -0.25) is 9.80 Å². The number of aromatic amines is 1. The molecule has 2 heterocycles. The van der Waals surface area contributed by atoms with E-state index in [0.717, 1.165) is 39.3 Å². The molecule has 1 aliphatic heterocycles. The number of nitrogens with one attached hydrogen (secondary N) is 1. The normalized spacial score (nSPS) is 14.1. The molecule has 35 heavy (non-hydrogen) atoms. The van der Waals surface area contributed by atoms with Crippen LogP contribution in [0.1, 0.15) is 11.1 Å². The molecule has 0 spiro atoms. The first kappa shape index (κ1) is 25.9. The van der Waals surface area contributed by atoms with Gasteiger partial charge in [-0.25, -0.2) is 9.59 Å². The van der Waals surface area contributed by atoms with Crippen LogP contribution in [-0.4, -0.2) is 84.4 Å². The summed E-state index contributed by atoms with van der Waals surface area (Å²) in [7, 11) is 4.95. The number of rotatable bonds is 7. The van der Waals surface area contributed by atoms with E-state index in [4.69, 9.17) is 34.0 Å². The minimum atomic E-state index is -1.82. The number of benzene rings is 2. The number of ether oxygens (including phenoxy) is 3. The second-order valence-electron chi connectivity index (χ2n) is 8.06. The fourth-order valence-corrected chi connectivity index (χ4v) is 4.09. The van der Waals surface area contributed by atoms with Gasteiger partial charge in [0, 0.05) is 56.4 Å². The minimum Gasteiger partial charge on any atom is -0.493 e. The Morgan fingerprint density at radius 2 is 1.40 bits per heavy atom. The second kappa shape index (κ2) is 12.1. The fraction of sp³-hybridized carbons (Fsp3) is 0.360. The van der Waals surface area contributed by atoms with E-state index in [-0.39, 0.29) is 0 Å². The van der Waals surface area contributed by atoms with Crippen molar-refractivity contribution in [1.82, 2.24) is 14.8 Å². The number of fused-ring (bicyclic) bond motifs is 1. The van der Waals surface area contributed by atoms with E-state index in [1.807, 2.05) is 12.1 Å². The Balaban J connectivity index is 0.000000509. The van der Waals surface area contributed by atoms with Crippen LogP contribution in [0.25, 0.3) is 10.9 Å². The SMILES string of the molecule is COc1cc(CN2CCN(Cc3c[nH]c4ccccc34)CC2)cc(OC)c1OC.O=C(O)C(=O)O. The number of piperazine rings is 1. The molecule has 1 aliphatic rings. The van der Waals surface area contributed by atoms with Crippen LogP contribution >= 0.6 is 0 Å². The summed E-state index contributed by atoms with van der Waals surface area (Å²) in [6, 6.07) is 12.6. The highest BCUT2D eigenvalue weighted by Crippen LogP contribution is 2.38. The number of hydrogen-bond acceptors (Lipinski definition) is 7. The third-order valence-corrected chi connectivity index (χ3v) is 5.85. The second-order valence-corrected chi connectivity index (χ2v) is 8.06. The number of carbonyl (C=O) groups is 2. The van der Waals surface area contributed by atoms with Crippen molar-refractivity contribution in [1.29, 1.82) is 0 Å². The standard InChI is InChI=1S/C23H29N3O3.C2H2O4/c1-27-21-12-17(13-22(28-2)23(21)29-3)15-25-8-10-26(11-9-25)16-18-14-24-20-7-5-4-6-19(18)20;3-1(4)2(5)6/h4-7,12-14,24H,8-11,15-16H2,1-3H3;(H,3,4)(H,5,6). The van der Waals surface area contributed by atoms with Crippen molar-refractivity contribution in [2.45, 2.75) is 13.1 Å². The lowest BCUT2D eigenvalue weighted by atomic mass is 10.1. The molecule has 10 nitrogen and oxygen atoms in total. The van der Waals surface area contributed by atoms with Crippen molar-refractivity contribution < 1.29 is 34.0 Å². The summed E-state index contributed by atoms with van der Waals surface area (Å²) in [6.45, 7) is 6.06. The largest absolute Gasteiger partial charge is 0.493 e. The van der Waals surface area contributed by atoms with Gasteiger partial charge in [-0.15, -0.1) is 0 Å². The average molecular weight is 486 g/mol. The molecule has 0 bridgehead atoms. The van der Waals surface area contributed by atoms with Crippen LogP contribution in [0, 0.1) is 0 Å². The summed E-state index contributed by atoms with van der Waals surface area (Å²) < 4.78 is 16.4. The van der Waals surface area contributed by atoms with Crippen molar-refractivity contribution in [2.75, 3.05) is 47.5 Å². The molecular weight excluding hydrogens is 454 g/mol. The van der Waals surface area contributed by atoms with Crippen molar-refractivity contribution >= 4 is 22.8 Å². The van der Waals surface area contributed by atoms with Gasteiger partial charge in [-0.05, 0) is 29.3 Å². The monoisotopic (exact) mass is 485 g/mol. The molecule has 4 rings (SSSR count). The number of para-hydroxylation sites is 1. The highest BCUT2D eigenvalue weighted by atomic mass is 16.5. The Labute approximate surface area is 203 Å². The quantitative estimate of drug-likeness (QED) is 0.433. The lowest BCUT2D eigenvalue weighted by molar-refractivity contribution is -0.159. The number of H-pyrrole nitrogens is 1. The number of methoxy groups -OCH3 is 3. The van der Waals surface area contributed by atoms with Gasteiger partial charge in [0.1, 0.15) is 0 Å². The van der Waals surface area contributed by atoms with Crippen LogP contribution in [0.3, 0.4) is 0 Å². The van der Waals surface area contributed by atoms with E-state index < -0.39 is 11.9 Å². The van der Waals surface area contributed by atoms with Gasteiger partial charge < -0.3 is 29.4 Å². The van der Waals surface area contributed by atoms with Crippen LogP contribution in [0.15, 0.2) is 42.6 Å². The summed E-state index contributed by atoms with van der Waals surface area (Å²) in [6.07, 6.45) is 2.15. The lowest BCUT2D eigenvalue weighted by Crippen LogP contribution is -2.45. The molecule has 0 unspecified atom stereocenters. The maximum Gasteiger partial charge on any atom is 0.414 e. The summed E-state index contributed by atoms with van der Waals surface area (Å²) in [5.74, 6) is -1.59. The van der Waals surface area contributed by atoms with Gasteiger partial charge in [-0.2, -0.15) is 0 Å². The smallest absolute Gasteiger partial charge is 0.414 e. The van der Waals surface area contributed by atoms with Crippen LogP contribution in [-0.2, 0) is 22.7 Å². The predicted octanol–water partition coefficient (Wildman–Crippen LogP) is 2.67. The summed E-state index contributed by atoms with van der Waals surface area (Å²) in [5.41, 5.74) is 3.76. The van der Waals surface area contributed by atoms with E-state index in [2.05, 4.69) is 45.2 Å². The van der Waals surface area contributed by atoms with Crippen LogP contribution in [0.4, 0.5) is 0 Å². The molecule has 0 atom stereocenters. The van der Waals surface area contributed by atoms with Gasteiger partial charge in [-0.1, -0.05) is 18.2 Å². The lowest BCUT2D eigenvalue weighted by Gasteiger charge is -2.34. The van der Waals surface area contributed by atoms with E-state index >= 15 is 0 Å². The average Bonchev–Trinajstić information content (AvgIpc) is 3.27. The summed E-state index contributed by atoms with van der Waals surface area (Å²) >= 11 is 0. The minimum absolute atomic E-state index is 0.641. The number of aliphatic carboxylic acids is 2. The van der Waals surface area contributed by atoms with Gasteiger partial charge in [0.25, 0.3) is 0 Å². The van der Waals surface area contributed by atoms with Crippen molar-refractivity contribution in [3.63, 3.8) is 0 Å². The Morgan fingerprint density at radius 3 is 1.91 bits per heavy atom. The van der Waals surface area contributed by atoms with Crippen LogP contribution < -0.4 is 14.2 Å². The topological polar surface area (TPSA) is 125 Å². The number of aromatic nitrogens is 1. The zero-order valence-electron chi connectivity index (χ0n) is 20.1. The number of hydrogen-bond donors (Lipinski definition) is 3. The van der Waals surface area contributed by atoms with E-state index in [9.17, 15) is 0 Å². The Kier molecular flexibility index (Phi) is 8.93. The highest BCUT2D eigenvalue weighted by molar-refractivity contribution is 6.27. The molecule has 188 valence electrons. The molecule has 1 saturated heterocycles. The molecule has 2 aromatic carbocycles. The molecule has 0 aliphatic carbocycles. The van der Waals surface area contributed by atoms with Crippen molar-refractivity contribution in [3.8, 4) is 17.2 Å². The fourth-order valence-electron chi connectivity index (χ4n) is 4.09. The molecule has 1 fully saturated rings. The van der Waals surface area contributed by atoms with Gasteiger partial charge in [0.2, 0.25) is 5.75 Å². The molecule has 1 aromatic heterocycles. The van der Waals surface area contributed by atoms with Crippen molar-refractivity contribution in [3.05, 3.63) is 53.7 Å². The van der Waals surface area contributed by atoms with E-state index in [1.165, 1.54) is 22.0 Å². The molecule has 10 heteroatoms. The third kappa shape index (κ3) is 6.65. The highest BCUT2D eigenvalue weighted by Gasteiger charge is 2.20. The third-order valence-electron chi connectivity index (χ3n) is 5.85. The molecule has 3 N–H and O–H groups in total. The van der Waals surface area contributed by atoms with Crippen molar-refractivity contribution in [2.24, 2.45) is 0 Å². The molecule has 0 radical (unpaired) electrons. The van der Waals surface area contributed by atoms with E-state index in [0.29, 0.717) is 17.2 Å². The zero-order valence-corrected chi connectivity index (χ0v) is 20.1. The number of carboxylic acid groups (broad SMARTS) is 2. The number of carboxylic acids is 2. The molecular formula is C25H31N3O7. The Morgan fingerprint density at radius 1 is 0.857 bits per heavy atom. The first-order chi connectivity index (χ1) is 16.9. The zero-order chi connectivity index (χ0) is 25.4. The molecule has 0 amide bonds. The molecule has 3 aromatic rings. The van der Waals surface area contributed by atoms with Gasteiger partial charge >= 0.3 is 11.9 Å². The summed E-state index contributed by atoms with van der Waals surface area (Å²) in [5, 5.41) is 16.1. The first-order valence-corrected chi connectivity index (χ1v) is 11.1. The maximum atomic E-state index is 9.10. The van der Waals surface area contributed by atoms with Gasteiger partial charge in [0.15, 0.2) is 11.5 Å². The van der Waals surface area contributed by atoms with Gasteiger partial charge in [0.05, 0.1) is 21.3 Å². The van der Waals surface area contributed by atoms with E-state index in [1.54, 1.807) is 21.3 Å². The predicted molar refractivity (Wildman–Crippen MR) is 130 cm³/mol. The van der Waals surface area contributed by atoms with Crippen LogP contribution in [0.5, 0.6) is 17.2 Å². The summed E-state index contributed by atoms with van der Waals surface area (Å²) in [4.78, 5) is 26.6. The van der Waals surface area contributed by atoms with Crippen LogP contribution in [0.2, 0.25) is 0 Å². The Hall–Kier alpha value is -3.76.